The summed E-state index contributed by atoms with van der Waals surface area (Å²) in [4.78, 5) is 23.0. The molecule has 0 heterocycles. The number of carbonyl (C=O) groups excluding carboxylic acids is 2. The predicted molar refractivity (Wildman–Crippen MR) is 74.9 cm³/mol. The molecule has 1 aromatic rings. The minimum absolute atomic E-state index is 0.0223. The van der Waals surface area contributed by atoms with Crippen molar-refractivity contribution in [2.24, 2.45) is 5.73 Å². The molecule has 0 aromatic heterocycles. The van der Waals surface area contributed by atoms with Crippen molar-refractivity contribution in [1.29, 1.82) is 0 Å². The molecule has 0 fully saturated rings. The average molecular weight is 298 g/mol. The molecule has 0 spiro atoms. The second-order valence-electron chi connectivity index (χ2n) is 4.41. The maximum Gasteiger partial charge on any atom is 0.253 e. The summed E-state index contributed by atoms with van der Waals surface area (Å²) in [5, 5.41) is 2.37. The van der Waals surface area contributed by atoms with E-state index in [0.717, 1.165) is 0 Å². The van der Waals surface area contributed by atoms with E-state index in [1.807, 2.05) is 0 Å². The van der Waals surface area contributed by atoms with Gasteiger partial charge in [0.15, 0.2) is 9.84 Å². The molecule has 110 valence electrons. The average Bonchev–Trinajstić information content (AvgIpc) is 2.38. The van der Waals surface area contributed by atoms with Crippen LogP contribution < -0.4 is 11.1 Å². The smallest absolute Gasteiger partial charge is 0.253 e. The van der Waals surface area contributed by atoms with E-state index in [0.29, 0.717) is 6.42 Å². The van der Waals surface area contributed by atoms with Gasteiger partial charge in [0.25, 0.3) is 5.91 Å². The van der Waals surface area contributed by atoms with E-state index in [1.165, 1.54) is 19.1 Å². The molecule has 0 aliphatic heterocycles. The van der Waals surface area contributed by atoms with Gasteiger partial charge in [-0.1, -0.05) is 19.1 Å². The van der Waals surface area contributed by atoms with Crippen molar-refractivity contribution < 1.29 is 18.0 Å². The fourth-order valence-corrected chi connectivity index (χ4v) is 3.19. The van der Waals surface area contributed by atoms with Gasteiger partial charge in [-0.15, -0.1) is 0 Å². The summed E-state index contributed by atoms with van der Waals surface area (Å²) in [5.41, 5.74) is 5.08. The number of rotatable bonds is 6. The molecule has 1 rings (SSSR count). The molecule has 2 amide bonds. The zero-order valence-corrected chi connectivity index (χ0v) is 12.2. The Morgan fingerprint density at radius 2 is 1.90 bits per heavy atom. The van der Waals surface area contributed by atoms with E-state index in [9.17, 15) is 18.0 Å². The van der Waals surface area contributed by atoms with Gasteiger partial charge >= 0.3 is 0 Å². The Bertz CT molecular complexity index is 611. The van der Waals surface area contributed by atoms with Crippen molar-refractivity contribution in [2.45, 2.75) is 31.2 Å². The third-order valence-corrected chi connectivity index (χ3v) is 4.69. The van der Waals surface area contributed by atoms with Gasteiger partial charge < -0.3 is 11.1 Å². The minimum Gasteiger partial charge on any atom is -0.368 e. The normalized spacial score (nSPS) is 12.7. The minimum atomic E-state index is -3.52. The first-order valence-electron chi connectivity index (χ1n) is 6.21. The van der Waals surface area contributed by atoms with Crippen LogP contribution in [-0.2, 0) is 14.6 Å². The molecule has 0 unspecified atom stereocenters. The highest BCUT2D eigenvalue weighted by Crippen LogP contribution is 2.17. The summed E-state index contributed by atoms with van der Waals surface area (Å²) in [5.74, 6) is -1.36. The Labute approximate surface area is 118 Å². The van der Waals surface area contributed by atoms with Gasteiger partial charge in [-0.05, 0) is 25.5 Å². The third-order valence-electron chi connectivity index (χ3n) is 2.71. The standard InChI is InChI=1S/C13H18N2O4S/c1-3-8-20(18,19)11-7-5-4-6-10(11)13(17)15-9(2)12(14)16/h4-7,9H,3,8H2,1-2H3,(H2,14,16)(H,15,17)/t9-/m0/s1. The molecule has 3 N–H and O–H groups in total. The summed E-state index contributed by atoms with van der Waals surface area (Å²) >= 11 is 0. The molecule has 20 heavy (non-hydrogen) atoms. The molecule has 1 atom stereocenters. The Balaban J connectivity index is 3.14. The topological polar surface area (TPSA) is 106 Å². The zero-order chi connectivity index (χ0) is 15.3. The van der Waals surface area contributed by atoms with Gasteiger partial charge in [0.2, 0.25) is 5.91 Å². The highest BCUT2D eigenvalue weighted by atomic mass is 32.2. The number of hydrogen-bond acceptors (Lipinski definition) is 4. The highest BCUT2D eigenvalue weighted by molar-refractivity contribution is 7.91. The molecule has 0 radical (unpaired) electrons. The second kappa shape index (κ2) is 6.51. The number of primary amides is 1. The summed E-state index contributed by atoms with van der Waals surface area (Å²) in [6.45, 7) is 3.18. The molecule has 0 aliphatic carbocycles. The predicted octanol–water partition coefficient (Wildman–Crippen LogP) is 0.474. The number of nitrogens with two attached hydrogens (primary N) is 1. The van der Waals surface area contributed by atoms with Crippen molar-refractivity contribution in [3.05, 3.63) is 29.8 Å². The third kappa shape index (κ3) is 3.80. The highest BCUT2D eigenvalue weighted by Gasteiger charge is 2.23. The van der Waals surface area contributed by atoms with Crippen LogP contribution >= 0.6 is 0 Å². The Morgan fingerprint density at radius 3 is 2.45 bits per heavy atom. The summed E-state index contributed by atoms with van der Waals surface area (Å²) in [6.07, 6.45) is 0.454. The van der Waals surface area contributed by atoms with Crippen molar-refractivity contribution >= 4 is 21.7 Å². The first-order valence-corrected chi connectivity index (χ1v) is 7.86. The maximum absolute atomic E-state index is 12.1. The lowest BCUT2D eigenvalue weighted by atomic mass is 10.2. The summed E-state index contributed by atoms with van der Waals surface area (Å²) in [7, 11) is -3.52. The Hall–Kier alpha value is -1.89. The molecule has 7 heteroatoms. The van der Waals surface area contributed by atoms with Gasteiger partial charge in [-0.25, -0.2) is 8.42 Å². The maximum atomic E-state index is 12.1. The molecule has 0 bridgehead atoms. The number of carbonyl (C=O) groups is 2. The zero-order valence-electron chi connectivity index (χ0n) is 11.4. The number of sulfone groups is 1. The first-order chi connectivity index (χ1) is 9.29. The lowest BCUT2D eigenvalue weighted by Crippen LogP contribution is -2.42. The van der Waals surface area contributed by atoms with Crippen molar-refractivity contribution in [2.75, 3.05) is 5.75 Å². The fraction of sp³-hybridized carbons (Fsp3) is 0.385. The van der Waals surface area contributed by atoms with Crippen LogP contribution in [0.3, 0.4) is 0 Å². The van der Waals surface area contributed by atoms with Gasteiger partial charge in [0.05, 0.1) is 16.2 Å². The van der Waals surface area contributed by atoms with Gasteiger partial charge in [-0.3, -0.25) is 9.59 Å². The van der Waals surface area contributed by atoms with E-state index in [1.54, 1.807) is 19.1 Å². The largest absolute Gasteiger partial charge is 0.368 e. The van der Waals surface area contributed by atoms with Crippen LogP contribution in [0.2, 0.25) is 0 Å². The van der Waals surface area contributed by atoms with Crippen LogP contribution in [0.4, 0.5) is 0 Å². The molecule has 0 aliphatic rings. The number of hydrogen-bond donors (Lipinski definition) is 2. The van der Waals surface area contributed by atoms with Crippen LogP contribution in [-0.4, -0.2) is 32.0 Å². The van der Waals surface area contributed by atoms with Crippen LogP contribution in [0.5, 0.6) is 0 Å². The molecule has 0 saturated heterocycles. The molecule has 0 saturated carbocycles. The van der Waals surface area contributed by atoms with E-state index in [4.69, 9.17) is 5.73 Å². The summed E-state index contributed by atoms with van der Waals surface area (Å²) in [6, 6.07) is 5.04. The fourth-order valence-electron chi connectivity index (χ4n) is 1.65. The summed E-state index contributed by atoms with van der Waals surface area (Å²) < 4.78 is 24.2. The van der Waals surface area contributed by atoms with E-state index in [2.05, 4.69) is 5.32 Å². The van der Waals surface area contributed by atoms with Gasteiger partial charge in [-0.2, -0.15) is 0 Å². The van der Waals surface area contributed by atoms with Crippen LogP contribution in [0.25, 0.3) is 0 Å². The number of benzene rings is 1. The van der Waals surface area contributed by atoms with E-state index < -0.39 is 27.7 Å². The van der Waals surface area contributed by atoms with Crippen molar-refractivity contribution in [3.63, 3.8) is 0 Å². The number of amides is 2. The van der Waals surface area contributed by atoms with E-state index >= 15 is 0 Å². The van der Waals surface area contributed by atoms with Crippen LogP contribution in [0, 0.1) is 0 Å². The molecular weight excluding hydrogens is 280 g/mol. The molecular formula is C13H18N2O4S. The number of nitrogens with one attached hydrogen (secondary N) is 1. The lowest BCUT2D eigenvalue weighted by molar-refractivity contribution is -0.119. The van der Waals surface area contributed by atoms with Gasteiger partial charge in [0, 0.05) is 0 Å². The monoisotopic (exact) mass is 298 g/mol. The lowest BCUT2D eigenvalue weighted by Gasteiger charge is -2.13. The van der Waals surface area contributed by atoms with Crippen LogP contribution in [0.1, 0.15) is 30.6 Å². The van der Waals surface area contributed by atoms with E-state index in [-0.39, 0.29) is 16.2 Å². The van der Waals surface area contributed by atoms with Crippen LogP contribution in [0.15, 0.2) is 29.2 Å². The molecule has 6 nitrogen and oxygen atoms in total. The SMILES string of the molecule is CCCS(=O)(=O)c1ccccc1C(=O)N[C@@H](C)C(N)=O. The van der Waals surface area contributed by atoms with Gasteiger partial charge in [0.1, 0.15) is 6.04 Å². The quantitative estimate of drug-likeness (QED) is 0.796. The second-order valence-corrected chi connectivity index (χ2v) is 6.49. The Kier molecular flexibility index (Phi) is 5.26. The first kappa shape index (κ1) is 16.2. The molecule has 1 aromatic carbocycles. The van der Waals surface area contributed by atoms with Crippen molar-refractivity contribution in [1.82, 2.24) is 5.32 Å². The Morgan fingerprint density at radius 1 is 1.30 bits per heavy atom. The van der Waals surface area contributed by atoms with Crippen molar-refractivity contribution in [3.8, 4) is 0 Å².